The van der Waals surface area contributed by atoms with Gasteiger partial charge in [0, 0.05) is 6.04 Å². The lowest BCUT2D eigenvalue weighted by atomic mass is 10.1. The molecule has 22 heavy (non-hydrogen) atoms. The second-order valence-corrected chi connectivity index (χ2v) is 6.83. The normalized spacial score (nSPS) is 12.9. The van der Waals surface area contributed by atoms with E-state index in [-0.39, 0.29) is 13.2 Å². The Morgan fingerprint density at radius 3 is 2.45 bits per heavy atom. The van der Waals surface area contributed by atoms with Crippen molar-refractivity contribution in [3.8, 4) is 18.1 Å². The van der Waals surface area contributed by atoms with E-state index in [1.165, 1.54) is 5.56 Å². The summed E-state index contributed by atoms with van der Waals surface area (Å²) in [7, 11) is -1.41. The Hall–Kier alpha value is -1.55. The maximum atomic E-state index is 10.8. The van der Waals surface area contributed by atoms with Crippen LogP contribution in [-0.4, -0.2) is 52.4 Å². The Labute approximate surface area is 133 Å². The Bertz CT molecular complexity index is 590. The molecule has 1 rings (SSSR count). The summed E-state index contributed by atoms with van der Waals surface area (Å²) >= 11 is 0. The number of ether oxygens (including phenoxy) is 1. The van der Waals surface area contributed by atoms with Crippen LogP contribution in [-0.2, 0) is 20.7 Å². The molecule has 0 heterocycles. The lowest BCUT2D eigenvalue weighted by Crippen LogP contribution is -2.31. The molecule has 0 N–H and O–H groups in total. The van der Waals surface area contributed by atoms with E-state index in [4.69, 9.17) is 11.2 Å². The van der Waals surface area contributed by atoms with E-state index in [9.17, 15) is 8.42 Å². The Balaban J connectivity index is 2.41. The smallest absolute Gasteiger partial charge is 0.264 e. The van der Waals surface area contributed by atoms with E-state index in [0.717, 1.165) is 12.7 Å². The summed E-state index contributed by atoms with van der Waals surface area (Å²) in [5.74, 6) is 3.32. The maximum absolute atomic E-state index is 10.8. The Morgan fingerprint density at radius 1 is 1.27 bits per heavy atom. The second-order valence-electron chi connectivity index (χ2n) is 5.19. The lowest BCUT2D eigenvalue weighted by molar-refractivity contribution is 0.222. The van der Waals surface area contributed by atoms with Crippen LogP contribution < -0.4 is 4.74 Å². The third-order valence-corrected chi connectivity index (χ3v) is 3.79. The van der Waals surface area contributed by atoms with Gasteiger partial charge in [-0.2, -0.15) is 8.42 Å². The van der Waals surface area contributed by atoms with Crippen LogP contribution in [0.1, 0.15) is 12.5 Å². The van der Waals surface area contributed by atoms with Crippen molar-refractivity contribution in [1.29, 1.82) is 0 Å². The van der Waals surface area contributed by atoms with Gasteiger partial charge in [-0.1, -0.05) is 18.1 Å². The Morgan fingerprint density at radius 2 is 1.91 bits per heavy atom. The van der Waals surface area contributed by atoms with Gasteiger partial charge in [-0.25, -0.2) is 0 Å². The number of hydrogen-bond donors (Lipinski definition) is 0. The van der Waals surface area contributed by atoms with Crippen molar-refractivity contribution >= 4 is 10.1 Å². The van der Waals surface area contributed by atoms with Gasteiger partial charge in [0.1, 0.15) is 19.0 Å². The highest BCUT2D eigenvalue weighted by Crippen LogP contribution is 2.14. The fraction of sp³-hybridized carbons (Fsp3) is 0.500. The minimum atomic E-state index is -3.41. The number of nitrogens with zero attached hydrogens (tertiary/aromatic N) is 1. The van der Waals surface area contributed by atoms with E-state index >= 15 is 0 Å². The predicted molar refractivity (Wildman–Crippen MR) is 87.4 cm³/mol. The largest absolute Gasteiger partial charge is 0.491 e. The molecule has 1 aromatic carbocycles. The van der Waals surface area contributed by atoms with E-state index in [1.54, 1.807) is 0 Å². The van der Waals surface area contributed by atoms with Crippen molar-refractivity contribution < 1.29 is 17.3 Å². The van der Waals surface area contributed by atoms with Gasteiger partial charge in [-0.3, -0.25) is 9.08 Å². The van der Waals surface area contributed by atoms with Crippen LogP contribution in [0.3, 0.4) is 0 Å². The van der Waals surface area contributed by atoms with Gasteiger partial charge in [-0.15, -0.1) is 6.42 Å². The molecule has 0 bridgehead atoms. The second kappa shape index (κ2) is 8.79. The van der Waals surface area contributed by atoms with Gasteiger partial charge in [0.2, 0.25) is 0 Å². The van der Waals surface area contributed by atoms with Crippen LogP contribution in [0.25, 0.3) is 0 Å². The number of rotatable bonds is 9. The van der Waals surface area contributed by atoms with Crippen LogP contribution in [0.2, 0.25) is 0 Å². The molecule has 5 nitrogen and oxygen atoms in total. The molecule has 0 radical (unpaired) electrons. The third kappa shape index (κ3) is 7.46. The molecule has 0 saturated heterocycles. The molecule has 122 valence electrons. The predicted octanol–water partition coefficient (Wildman–Crippen LogP) is 1.54. The number of likely N-dealkylation sites (N-methyl/N-ethyl adjacent to an activating group) is 1. The zero-order chi connectivity index (χ0) is 16.6. The highest BCUT2D eigenvalue weighted by atomic mass is 32.2. The summed E-state index contributed by atoms with van der Waals surface area (Å²) in [4.78, 5) is 2.12. The average Bonchev–Trinajstić information content (AvgIpc) is 2.44. The summed E-state index contributed by atoms with van der Waals surface area (Å²) in [6.45, 7) is 2.95. The van der Waals surface area contributed by atoms with Crippen LogP contribution in [0.15, 0.2) is 24.3 Å². The quantitative estimate of drug-likeness (QED) is 0.392. The highest BCUT2D eigenvalue weighted by Gasteiger charge is 2.09. The van der Waals surface area contributed by atoms with Crippen molar-refractivity contribution in [3.63, 3.8) is 0 Å². The SMILES string of the molecule is C#CCN(C)[C@H](C)Cc1ccc(OCCOS(C)(=O)=O)cc1. The Kier molecular flexibility index (Phi) is 7.39. The molecular formula is C16H23NO4S. The van der Waals surface area contributed by atoms with Gasteiger partial charge < -0.3 is 4.74 Å². The molecule has 0 aromatic heterocycles. The summed E-state index contributed by atoms with van der Waals surface area (Å²) < 4.78 is 31.6. The first-order chi connectivity index (χ1) is 10.3. The van der Waals surface area contributed by atoms with E-state index < -0.39 is 10.1 Å². The monoisotopic (exact) mass is 325 g/mol. The van der Waals surface area contributed by atoms with Gasteiger partial charge in [0.05, 0.1) is 12.8 Å². The molecule has 0 aliphatic rings. The van der Waals surface area contributed by atoms with Crippen LogP contribution in [0.5, 0.6) is 5.75 Å². The van der Waals surface area contributed by atoms with Crippen LogP contribution in [0.4, 0.5) is 0 Å². The minimum Gasteiger partial charge on any atom is -0.491 e. The summed E-state index contributed by atoms with van der Waals surface area (Å²) in [6.07, 6.45) is 7.22. The minimum absolute atomic E-state index is 0.00843. The molecule has 1 atom stereocenters. The fourth-order valence-corrected chi connectivity index (χ4v) is 2.23. The summed E-state index contributed by atoms with van der Waals surface area (Å²) in [6, 6.07) is 8.07. The van der Waals surface area contributed by atoms with E-state index in [1.807, 2.05) is 31.3 Å². The number of terminal acetylenes is 1. The van der Waals surface area contributed by atoms with Crippen LogP contribution in [0, 0.1) is 12.3 Å². The molecule has 6 heteroatoms. The van der Waals surface area contributed by atoms with Gasteiger partial charge >= 0.3 is 0 Å². The van der Waals surface area contributed by atoms with Gasteiger partial charge in [0.15, 0.2) is 0 Å². The molecule has 0 aliphatic carbocycles. The van der Waals surface area contributed by atoms with Crippen molar-refractivity contribution in [2.75, 3.05) is 33.1 Å². The molecule has 0 spiro atoms. The van der Waals surface area contributed by atoms with Gasteiger partial charge in [0.25, 0.3) is 10.1 Å². The van der Waals surface area contributed by atoms with Crippen molar-refractivity contribution in [2.24, 2.45) is 0 Å². The lowest BCUT2D eigenvalue weighted by Gasteiger charge is -2.22. The standard InChI is InChI=1S/C16H23NO4S/c1-5-10-17(3)14(2)13-15-6-8-16(9-7-15)20-11-12-21-22(4,18)19/h1,6-9,14H,10-13H2,2-4H3/t14-/m1/s1. The molecule has 0 fully saturated rings. The van der Waals surface area contributed by atoms with Gasteiger partial charge in [-0.05, 0) is 38.1 Å². The molecule has 0 unspecified atom stereocenters. The molecular weight excluding hydrogens is 302 g/mol. The summed E-state index contributed by atoms with van der Waals surface area (Å²) in [5.41, 5.74) is 1.19. The molecule has 0 amide bonds. The van der Waals surface area contributed by atoms with Crippen LogP contribution >= 0.6 is 0 Å². The topological polar surface area (TPSA) is 55.8 Å². The van der Waals surface area contributed by atoms with Crippen molar-refractivity contribution in [1.82, 2.24) is 4.90 Å². The van der Waals surface area contributed by atoms with Crippen molar-refractivity contribution in [2.45, 2.75) is 19.4 Å². The van der Waals surface area contributed by atoms with Crippen molar-refractivity contribution in [3.05, 3.63) is 29.8 Å². The maximum Gasteiger partial charge on any atom is 0.264 e. The van der Waals surface area contributed by atoms with E-state index in [2.05, 4.69) is 21.9 Å². The van der Waals surface area contributed by atoms with E-state index in [0.29, 0.717) is 18.3 Å². The zero-order valence-electron chi connectivity index (χ0n) is 13.3. The summed E-state index contributed by atoms with van der Waals surface area (Å²) in [5, 5.41) is 0. The molecule has 0 aliphatic heterocycles. The molecule has 0 saturated carbocycles. The number of benzene rings is 1. The average molecular weight is 325 g/mol. The molecule has 1 aromatic rings. The zero-order valence-corrected chi connectivity index (χ0v) is 14.1. The third-order valence-electron chi connectivity index (χ3n) is 3.20. The number of hydrogen-bond acceptors (Lipinski definition) is 5. The first-order valence-corrected chi connectivity index (χ1v) is 8.83. The highest BCUT2D eigenvalue weighted by molar-refractivity contribution is 7.85. The first-order valence-electron chi connectivity index (χ1n) is 7.01. The fourth-order valence-electron chi connectivity index (χ4n) is 1.86. The first kappa shape index (κ1) is 18.5.